The van der Waals surface area contributed by atoms with Crippen molar-refractivity contribution in [3.8, 4) is 11.5 Å². The number of nitrogens with two attached hydrogens (primary N) is 1. The summed E-state index contributed by atoms with van der Waals surface area (Å²) in [4.78, 5) is 244. The van der Waals surface area contributed by atoms with Gasteiger partial charge in [-0.2, -0.15) is 0 Å². The van der Waals surface area contributed by atoms with Crippen LogP contribution in [-0.4, -0.2) is 272 Å². The fourth-order valence-electron chi connectivity index (χ4n) is 15.2. The fraction of sp³-hybridized carbons (Fsp3) is 0.426. The maximum atomic E-state index is 15.6. The molecule has 1 aliphatic heterocycles. The minimum absolute atomic E-state index is 0.0393. The average molecular weight is 1880 g/mol. The number of fused-ring (bicyclic) bond motifs is 1. The summed E-state index contributed by atoms with van der Waals surface area (Å²) in [6.07, 6.45) is -0.234. The molecule has 0 aliphatic carbocycles. The molecule has 1 saturated heterocycles. The molecule has 0 unspecified atom stereocenters. The molecule has 15 amide bonds. The second-order valence-electron chi connectivity index (χ2n) is 33.8. The first-order valence-corrected chi connectivity index (χ1v) is 45.0. The van der Waals surface area contributed by atoms with Gasteiger partial charge >= 0.3 is 5.97 Å². The number of carbonyl (C=O) groups is 16. The number of nitrogens with one attached hydrogen (secondary N) is 10. The Morgan fingerprint density at radius 3 is 1.55 bits per heavy atom. The quantitative estimate of drug-likeness (QED) is 0.0303. The molecule has 39 heteroatoms. The van der Waals surface area contributed by atoms with Crippen LogP contribution < -0.4 is 53.6 Å². The first kappa shape index (κ1) is 105. The SMILES string of the molecule is CCCCC[C@H]1C(=O)N(C)CC(=O)N[C@@H](CC(=O)O)C(=O)N[C@@H](C(C)C)C(=O)N(C)[C@@H](Cc2ccccc2)C(=O)N[C@@H](Cc2ccc(O)cc2)C(=O)N(C)CC(=O)N[C@@H](Cc2c[nH]c3ccccc23)C(=O)N[C@@H](Cc2ccc(O)cc2)C(=O)N[C@@H](CC(C)C)C(=O)N[C@H](C(=O)NCC(N)=O)CSCC(=O)N[C@@H](Cc2cc(F)c(F)c(Cl)c2)C(=O)N(C)[C@@H](Cc2ccccc2)C(=O)N1C. The number of amides is 15. The summed E-state index contributed by atoms with van der Waals surface area (Å²) in [5.41, 5.74) is 8.17. The molecule has 2 heterocycles. The van der Waals surface area contributed by atoms with E-state index in [1.807, 2.05) is 6.92 Å². The first-order chi connectivity index (χ1) is 63.1. The van der Waals surface area contributed by atoms with Crippen molar-refractivity contribution >= 4 is 129 Å². The van der Waals surface area contributed by atoms with Gasteiger partial charge in [0.25, 0.3) is 0 Å². The van der Waals surface area contributed by atoms with E-state index in [0.717, 1.165) is 36.6 Å². The molecule has 0 bridgehead atoms. The molecular weight excluding hydrogens is 1760 g/mol. The lowest BCUT2D eigenvalue weighted by Gasteiger charge is -2.37. The number of aliphatic carboxylic acids is 1. The van der Waals surface area contributed by atoms with Crippen LogP contribution in [0.2, 0.25) is 5.02 Å². The number of likely N-dealkylation sites (N-methyl/N-ethyl adjacent to an activating group) is 5. The van der Waals surface area contributed by atoms with Crippen molar-refractivity contribution < 1.29 is 101 Å². The second kappa shape index (κ2) is 50.2. The number of aromatic amines is 1. The number of nitrogens with zero attached hydrogens (tertiary/aromatic N) is 5. The van der Waals surface area contributed by atoms with Crippen LogP contribution in [0.5, 0.6) is 11.5 Å². The molecule has 11 atom stereocenters. The van der Waals surface area contributed by atoms with Crippen LogP contribution in [0.4, 0.5) is 8.78 Å². The highest BCUT2D eigenvalue weighted by molar-refractivity contribution is 8.00. The topological polar surface area (TPSA) is 500 Å². The van der Waals surface area contributed by atoms with Crippen LogP contribution in [0.25, 0.3) is 10.9 Å². The van der Waals surface area contributed by atoms with Crippen molar-refractivity contribution in [1.82, 2.24) is 77.3 Å². The number of primary amides is 1. The molecule has 0 radical (unpaired) electrons. The molecule has 714 valence electrons. The monoisotopic (exact) mass is 1880 g/mol. The number of rotatable bonds is 24. The van der Waals surface area contributed by atoms with E-state index in [4.69, 9.17) is 17.3 Å². The molecule has 7 aromatic rings. The van der Waals surface area contributed by atoms with Gasteiger partial charge in [0.1, 0.15) is 78.0 Å². The number of halogens is 3. The van der Waals surface area contributed by atoms with Crippen LogP contribution in [0, 0.1) is 23.5 Å². The number of H-pyrrole nitrogens is 1. The summed E-state index contributed by atoms with van der Waals surface area (Å²) >= 11 is 6.87. The van der Waals surface area contributed by atoms with Crippen molar-refractivity contribution in [2.75, 3.05) is 66.4 Å². The van der Waals surface area contributed by atoms with Crippen molar-refractivity contribution in [2.24, 2.45) is 17.6 Å². The van der Waals surface area contributed by atoms with Crippen LogP contribution in [0.15, 0.2) is 152 Å². The first-order valence-electron chi connectivity index (χ1n) is 43.5. The maximum Gasteiger partial charge on any atom is 0.305 e. The van der Waals surface area contributed by atoms with Crippen molar-refractivity contribution in [2.45, 2.75) is 178 Å². The van der Waals surface area contributed by atoms with Gasteiger partial charge in [0.05, 0.1) is 36.8 Å². The third kappa shape index (κ3) is 31.3. The summed E-state index contributed by atoms with van der Waals surface area (Å²) in [5, 5.41) is 54.4. The smallest absolute Gasteiger partial charge is 0.305 e. The summed E-state index contributed by atoms with van der Waals surface area (Å²) in [5.74, 6) is -21.8. The summed E-state index contributed by atoms with van der Waals surface area (Å²) in [6.45, 7) is 5.94. The minimum atomic E-state index is -1.95. The molecule has 0 spiro atoms. The van der Waals surface area contributed by atoms with E-state index >= 15 is 42.7 Å². The third-order valence-corrected chi connectivity index (χ3v) is 23.8. The predicted molar refractivity (Wildman–Crippen MR) is 492 cm³/mol. The van der Waals surface area contributed by atoms with E-state index < -0.39 is 234 Å². The Kier molecular flexibility index (Phi) is 39.6. The molecule has 133 heavy (non-hydrogen) atoms. The van der Waals surface area contributed by atoms with Crippen LogP contribution >= 0.6 is 23.4 Å². The van der Waals surface area contributed by atoms with Gasteiger partial charge in [-0.25, -0.2) is 8.78 Å². The minimum Gasteiger partial charge on any atom is -0.508 e. The number of unbranched alkanes of at least 4 members (excludes halogenated alkanes) is 2. The van der Waals surface area contributed by atoms with Gasteiger partial charge in [0, 0.05) is 96.6 Å². The number of carbonyl (C=O) groups excluding carboxylic acids is 15. The number of aromatic nitrogens is 1. The van der Waals surface area contributed by atoms with E-state index in [1.165, 1.54) is 83.8 Å². The molecular formula is C94H117ClF2N16O19S. The number of carboxylic acid groups (broad SMARTS) is 1. The van der Waals surface area contributed by atoms with Gasteiger partial charge in [0.2, 0.25) is 88.6 Å². The number of para-hydroxylation sites is 1. The number of carboxylic acids is 1. The second-order valence-corrected chi connectivity index (χ2v) is 35.2. The third-order valence-electron chi connectivity index (χ3n) is 22.5. The largest absolute Gasteiger partial charge is 0.508 e. The van der Waals surface area contributed by atoms with Gasteiger partial charge in [0.15, 0.2) is 11.6 Å². The standard InChI is InChI=1S/C94H117ClF2N16O19S/c1-11-12-15-28-74-92(130)110(7)50-79(118)102-70(46-81(120)121)88(126)108-83(54(4)5)94(132)112(9)75(43-55-22-16-13-17-23-55)89(127)106-71(41-58-31-35-62(115)36-32-58)90(128)109(6)49-78(117)101-69(45-60-47-99-66-27-21-20-26-63(60)66)87(125)105-68(40-57-29-33-61(114)34-30-57)86(124)104-67(37-53(2)3)85(123)107-73(84(122)100-48-77(98)116)51-133-52-80(119)103-72(42-59-38-64(95)82(97)65(96)39-59)91(129)113(10)76(93(131)111(74)8)44-56-24-18-14-19-25-56/h13-14,16-27,29-36,38-39,47,53-54,67-76,83,99,114-115H,11-12,15,28,37,40-46,48-52H2,1-10H3,(H2,98,116)(H,100,122)(H,101,117)(H,102,118)(H,103,119)(H,104,124)(H,105,125)(H,106,127)(H,107,123)(H,108,126)(H,120,121)/t67-,68-,69-,70-,71-,72-,73-,74-,75-,76-,83-/m0/s1. The maximum absolute atomic E-state index is 15.6. The van der Waals surface area contributed by atoms with E-state index in [9.17, 15) is 58.1 Å². The molecule has 6 aromatic carbocycles. The number of hydrogen-bond acceptors (Lipinski definition) is 19. The fourth-order valence-corrected chi connectivity index (χ4v) is 16.3. The number of aromatic hydroxyl groups is 2. The molecule has 1 aromatic heterocycles. The van der Waals surface area contributed by atoms with E-state index in [1.54, 1.807) is 119 Å². The number of phenolic OH excluding ortho intramolecular Hbond substituents is 2. The molecule has 35 nitrogen and oxygen atoms in total. The summed E-state index contributed by atoms with van der Waals surface area (Å²) in [6, 6.07) is 18.7. The number of phenols is 2. The Morgan fingerprint density at radius 2 is 0.985 bits per heavy atom. The Labute approximate surface area is 778 Å². The molecule has 1 fully saturated rings. The Bertz CT molecular complexity index is 5270. The zero-order valence-corrected chi connectivity index (χ0v) is 77.3. The van der Waals surface area contributed by atoms with Gasteiger partial charge in [-0.05, 0) is 101 Å². The van der Waals surface area contributed by atoms with Crippen molar-refractivity contribution in [3.63, 3.8) is 0 Å². The zero-order valence-electron chi connectivity index (χ0n) is 75.7. The Morgan fingerprint density at radius 1 is 0.504 bits per heavy atom. The number of benzene rings is 6. The zero-order chi connectivity index (χ0) is 97.6. The van der Waals surface area contributed by atoms with Gasteiger partial charge < -0.3 is 98.4 Å². The highest BCUT2D eigenvalue weighted by Crippen LogP contribution is 2.27. The number of thioether (sulfide) groups is 1. The van der Waals surface area contributed by atoms with Gasteiger partial charge in [-0.15, -0.1) is 11.8 Å². The molecule has 1 aliphatic rings. The predicted octanol–water partition coefficient (Wildman–Crippen LogP) is 3.65. The van der Waals surface area contributed by atoms with Crippen LogP contribution in [0.3, 0.4) is 0 Å². The van der Waals surface area contributed by atoms with Gasteiger partial charge in [-0.1, -0.05) is 169 Å². The molecule has 0 saturated carbocycles. The highest BCUT2D eigenvalue weighted by Gasteiger charge is 2.43. The van der Waals surface area contributed by atoms with Crippen molar-refractivity contribution in [1.29, 1.82) is 0 Å². The van der Waals surface area contributed by atoms with Gasteiger partial charge in [-0.3, -0.25) is 76.7 Å². The van der Waals surface area contributed by atoms with E-state index in [0.29, 0.717) is 69.7 Å². The lowest BCUT2D eigenvalue weighted by Crippen LogP contribution is -2.61. The summed E-state index contributed by atoms with van der Waals surface area (Å²) in [7, 11) is 6.24. The molecule has 15 N–H and O–H groups in total. The van der Waals surface area contributed by atoms with Crippen molar-refractivity contribution in [3.05, 3.63) is 202 Å². The summed E-state index contributed by atoms with van der Waals surface area (Å²) < 4.78 is 30.2. The highest BCUT2D eigenvalue weighted by atomic mass is 35.5. The van der Waals surface area contributed by atoms with Crippen LogP contribution in [0.1, 0.15) is 107 Å². The lowest BCUT2D eigenvalue weighted by molar-refractivity contribution is -0.151. The van der Waals surface area contributed by atoms with E-state index in [-0.39, 0.29) is 62.0 Å². The Hall–Kier alpha value is -13.5. The average Bonchev–Trinajstić information content (AvgIpc) is 1.79. The lowest BCUT2D eigenvalue weighted by atomic mass is 9.98. The Balaban J connectivity index is 1.23. The number of hydrogen-bond donors (Lipinski definition) is 14. The van der Waals surface area contributed by atoms with Crippen LogP contribution in [-0.2, 0) is 115 Å². The normalized spacial score (nSPS) is 21.6. The van der Waals surface area contributed by atoms with E-state index in [2.05, 4.69) is 52.8 Å². The molecule has 8 rings (SSSR count).